The van der Waals surface area contributed by atoms with Crippen molar-refractivity contribution in [1.29, 1.82) is 0 Å². The van der Waals surface area contributed by atoms with Crippen LogP contribution in [0.15, 0.2) is 18.2 Å². The number of halogens is 1. The Morgan fingerprint density at radius 2 is 2.04 bits per heavy atom. The SMILES string of the molecule is COc1cccc(F)c1C(=O)N1CCC([C@H](O)CC(C)C)CC1. The van der Waals surface area contributed by atoms with E-state index < -0.39 is 5.82 Å². The molecule has 1 aromatic carbocycles. The second-order valence-corrected chi connectivity index (χ2v) is 6.64. The second-order valence-electron chi connectivity index (χ2n) is 6.64. The molecule has 5 heteroatoms. The number of methoxy groups -OCH3 is 1. The van der Waals surface area contributed by atoms with Crippen LogP contribution in [-0.2, 0) is 0 Å². The third-order valence-corrected chi connectivity index (χ3v) is 4.49. The van der Waals surface area contributed by atoms with Gasteiger partial charge in [-0.2, -0.15) is 0 Å². The monoisotopic (exact) mass is 323 g/mol. The molecular weight excluding hydrogens is 297 g/mol. The van der Waals surface area contributed by atoms with Gasteiger partial charge in [-0.05, 0) is 43.2 Å². The van der Waals surface area contributed by atoms with Crippen LogP contribution in [0.4, 0.5) is 4.39 Å². The predicted octanol–water partition coefficient (Wildman–Crippen LogP) is 3.09. The molecule has 0 spiro atoms. The summed E-state index contributed by atoms with van der Waals surface area (Å²) in [5, 5.41) is 10.2. The van der Waals surface area contributed by atoms with Gasteiger partial charge in [-0.25, -0.2) is 4.39 Å². The number of ether oxygens (including phenoxy) is 1. The zero-order valence-corrected chi connectivity index (χ0v) is 14.1. The standard InChI is InChI=1S/C18H26FNO3/c1-12(2)11-15(21)13-7-9-20(10-8-13)18(22)17-14(19)5-4-6-16(17)23-3/h4-6,12-13,15,21H,7-11H2,1-3H3/t15-/m1/s1. The molecule has 128 valence electrons. The van der Waals surface area contributed by atoms with Crippen molar-refractivity contribution in [2.75, 3.05) is 20.2 Å². The predicted molar refractivity (Wildman–Crippen MR) is 87.0 cm³/mol. The minimum absolute atomic E-state index is 0.00354. The first kappa shape index (κ1) is 17.7. The van der Waals surface area contributed by atoms with Gasteiger partial charge in [0.2, 0.25) is 0 Å². The van der Waals surface area contributed by atoms with Gasteiger partial charge in [-0.15, -0.1) is 0 Å². The number of nitrogens with zero attached hydrogens (tertiary/aromatic N) is 1. The van der Waals surface area contributed by atoms with Gasteiger partial charge >= 0.3 is 0 Å². The molecule has 0 saturated carbocycles. The van der Waals surface area contributed by atoms with Crippen LogP contribution in [0.1, 0.15) is 43.5 Å². The summed E-state index contributed by atoms with van der Waals surface area (Å²) in [6.45, 7) is 5.25. The Bertz CT molecular complexity index is 539. The van der Waals surface area contributed by atoms with E-state index in [1.165, 1.54) is 19.2 Å². The fraction of sp³-hybridized carbons (Fsp3) is 0.611. The lowest BCUT2D eigenvalue weighted by Gasteiger charge is -2.35. The van der Waals surface area contributed by atoms with E-state index in [4.69, 9.17) is 4.74 Å². The Morgan fingerprint density at radius 1 is 1.39 bits per heavy atom. The van der Waals surface area contributed by atoms with E-state index in [-0.39, 0.29) is 29.2 Å². The van der Waals surface area contributed by atoms with Gasteiger partial charge < -0.3 is 14.7 Å². The molecule has 0 bridgehead atoms. The molecule has 1 aromatic rings. The number of piperidine rings is 1. The first-order valence-electron chi connectivity index (χ1n) is 8.23. The molecule has 1 aliphatic heterocycles. The fourth-order valence-corrected chi connectivity index (χ4v) is 3.20. The Labute approximate surface area is 137 Å². The topological polar surface area (TPSA) is 49.8 Å². The Balaban J connectivity index is 2.02. The summed E-state index contributed by atoms with van der Waals surface area (Å²) in [7, 11) is 1.43. The van der Waals surface area contributed by atoms with Gasteiger partial charge in [0.05, 0.1) is 13.2 Å². The number of aliphatic hydroxyl groups is 1. The van der Waals surface area contributed by atoms with Crippen LogP contribution < -0.4 is 4.74 Å². The summed E-state index contributed by atoms with van der Waals surface area (Å²) in [6, 6.07) is 4.39. The van der Waals surface area contributed by atoms with Gasteiger partial charge in [-0.3, -0.25) is 4.79 Å². The average molecular weight is 323 g/mol. The third-order valence-electron chi connectivity index (χ3n) is 4.49. The summed E-state index contributed by atoms with van der Waals surface area (Å²) in [5.74, 6) is 0.0290. The van der Waals surface area contributed by atoms with E-state index >= 15 is 0 Å². The Hall–Kier alpha value is -1.62. The molecule has 0 unspecified atom stereocenters. The number of carbonyl (C=O) groups excluding carboxylic acids is 1. The minimum Gasteiger partial charge on any atom is -0.496 e. The van der Waals surface area contributed by atoms with Crippen molar-refractivity contribution in [2.45, 2.75) is 39.2 Å². The number of likely N-dealkylation sites (tertiary alicyclic amines) is 1. The van der Waals surface area contributed by atoms with Gasteiger partial charge in [0.25, 0.3) is 5.91 Å². The summed E-state index contributed by atoms with van der Waals surface area (Å²) in [6.07, 6.45) is 1.95. The first-order chi connectivity index (χ1) is 10.9. The third kappa shape index (κ3) is 4.22. The summed E-state index contributed by atoms with van der Waals surface area (Å²) >= 11 is 0. The highest BCUT2D eigenvalue weighted by Crippen LogP contribution is 2.28. The number of carbonyl (C=O) groups is 1. The van der Waals surface area contributed by atoms with E-state index in [0.29, 0.717) is 19.0 Å². The molecule has 0 aromatic heterocycles. The molecule has 4 nitrogen and oxygen atoms in total. The van der Waals surface area contributed by atoms with Crippen molar-refractivity contribution in [1.82, 2.24) is 4.90 Å². The van der Waals surface area contributed by atoms with E-state index in [1.807, 2.05) is 0 Å². The van der Waals surface area contributed by atoms with E-state index in [1.54, 1.807) is 11.0 Å². The summed E-state index contributed by atoms with van der Waals surface area (Å²) in [5.41, 5.74) is -0.00354. The normalized spacial score (nSPS) is 17.4. The number of aliphatic hydroxyl groups excluding tert-OH is 1. The second kappa shape index (κ2) is 7.77. The molecule has 1 atom stereocenters. The van der Waals surface area contributed by atoms with Crippen molar-refractivity contribution in [3.05, 3.63) is 29.6 Å². The molecule has 1 saturated heterocycles. The fourth-order valence-electron chi connectivity index (χ4n) is 3.20. The molecule has 0 aliphatic carbocycles. The van der Waals surface area contributed by atoms with E-state index in [9.17, 15) is 14.3 Å². The van der Waals surface area contributed by atoms with Crippen molar-refractivity contribution >= 4 is 5.91 Å². The van der Waals surface area contributed by atoms with Crippen molar-refractivity contribution in [3.8, 4) is 5.75 Å². The van der Waals surface area contributed by atoms with Crippen LogP contribution in [0.3, 0.4) is 0 Å². The van der Waals surface area contributed by atoms with Crippen molar-refractivity contribution < 1.29 is 19.0 Å². The number of hydrogen-bond acceptors (Lipinski definition) is 3. The largest absolute Gasteiger partial charge is 0.496 e. The lowest BCUT2D eigenvalue weighted by Crippen LogP contribution is -2.41. The Kier molecular flexibility index (Phi) is 5.99. The highest BCUT2D eigenvalue weighted by Gasteiger charge is 2.30. The van der Waals surface area contributed by atoms with Gasteiger partial charge in [0.15, 0.2) is 0 Å². The van der Waals surface area contributed by atoms with E-state index in [0.717, 1.165) is 19.3 Å². The smallest absolute Gasteiger partial charge is 0.260 e. The van der Waals surface area contributed by atoms with Crippen LogP contribution in [0.2, 0.25) is 0 Å². The zero-order valence-electron chi connectivity index (χ0n) is 14.1. The lowest BCUT2D eigenvalue weighted by atomic mass is 9.87. The first-order valence-corrected chi connectivity index (χ1v) is 8.23. The molecule has 1 heterocycles. The minimum atomic E-state index is -0.559. The molecule has 23 heavy (non-hydrogen) atoms. The van der Waals surface area contributed by atoms with Crippen molar-refractivity contribution in [2.24, 2.45) is 11.8 Å². The van der Waals surface area contributed by atoms with Gasteiger partial charge in [0.1, 0.15) is 17.1 Å². The molecule has 1 aliphatic rings. The van der Waals surface area contributed by atoms with Gasteiger partial charge in [0, 0.05) is 13.1 Å². The maximum Gasteiger partial charge on any atom is 0.260 e. The average Bonchev–Trinajstić information content (AvgIpc) is 2.53. The van der Waals surface area contributed by atoms with Crippen LogP contribution in [0.5, 0.6) is 5.75 Å². The molecule has 2 rings (SSSR count). The Morgan fingerprint density at radius 3 is 2.61 bits per heavy atom. The molecule has 0 radical (unpaired) electrons. The number of rotatable bonds is 5. The van der Waals surface area contributed by atoms with Crippen LogP contribution >= 0.6 is 0 Å². The summed E-state index contributed by atoms with van der Waals surface area (Å²) < 4.78 is 19.1. The highest BCUT2D eigenvalue weighted by molar-refractivity contribution is 5.97. The highest BCUT2D eigenvalue weighted by atomic mass is 19.1. The maximum atomic E-state index is 14.0. The lowest BCUT2D eigenvalue weighted by molar-refractivity contribution is 0.0381. The van der Waals surface area contributed by atoms with Crippen LogP contribution in [0.25, 0.3) is 0 Å². The van der Waals surface area contributed by atoms with Crippen LogP contribution in [-0.4, -0.2) is 42.2 Å². The summed E-state index contributed by atoms with van der Waals surface area (Å²) in [4.78, 5) is 14.3. The zero-order chi connectivity index (χ0) is 17.0. The maximum absolute atomic E-state index is 14.0. The quantitative estimate of drug-likeness (QED) is 0.906. The molecule has 1 fully saturated rings. The molecule has 1 amide bonds. The van der Waals surface area contributed by atoms with Crippen LogP contribution in [0, 0.1) is 17.7 Å². The number of amides is 1. The molecular formula is C18H26FNO3. The van der Waals surface area contributed by atoms with E-state index in [2.05, 4.69) is 13.8 Å². The number of hydrogen-bond donors (Lipinski definition) is 1. The number of benzene rings is 1. The van der Waals surface area contributed by atoms with Gasteiger partial charge in [-0.1, -0.05) is 19.9 Å². The van der Waals surface area contributed by atoms with Crippen molar-refractivity contribution in [3.63, 3.8) is 0 Å². The molecule has 1 N–H and O–H groups in total.